The molecule has 0 aliphatic carbocycles. The fraction of sp³-hybridized carbons (Fsp3) is 0.200. The molecule has 88 valence electrons. The van der Waals surface area contributed by atoms with Crippen LogP contribution in [0.5, 0.6) is 0 Å². The summed E-state index contributed by atoms with van der Waals surface area (Å²) in [6.07, 6.45) is 0. The van der Waals surface area contributed by atoms with Gasteiger partial charge in [0.05, 0.1) is 0 Å². The Morgan fingerprint density at radius 2 is 1.76 bits per heavy atom. The molecule has 0 radical (unpaired) electrons. The van der Waals surface area contributed by atoms with E-state index in [0.717, 1.165) is 10.6 Å². The zero-order valence-corrected chi connectivity index (χ0v) is 10.6. The van der Waals surface area contributed by atoms with Crippen LogP contribution in [0.2, 0.25) is 5.02 Å². The average molecular weight is 246 g/mol. The Labute approximate surface area is 107 Å². The van der Waals surface area contributed by atoms with Crippen LogP contribution in [0.1, 0.15) is 22.6 Å². The Morgan fingerprint density at radius 3 is 2.41 bits per heavy atom. The lowest BCUT2D eigenvalue weighted by atomic mass is 9.88. The largest absolute Gasteiger partial charge is 0.330 e. The highest BCUT2D eigenvalue weighted by atomic mass is 35.5. The van der Waals surface area contributed by atoms with Gasteiger partial charge in [-0.3, -0.25) is 0 Å². The second kappa shape index (κ2) is 5.35. The maximum absolute atomic E-state index is 6.16. The number of rotatable bonds is 3. The van der Waals surface area contributed by atoms with Crippen molar-refractivity contribution in [3.05, 3.63) is 70.2 Å². The zero-order valence-electron chi connectivity index (χ0n) is 9.86. The molecule has 0 aromatic heterocycles. The molecule has 0 aliphatic rings. The topological polar surface area (TPSA) is 26.0 Å². The van der Waals surface area contributed by atoms with Crippen LogP contribution in [0.25, 0.3) is 0 Å². The van der Waals surface area contributed by atoms with E-state index in [1.165, 1.54) is 11.1 Å². The monoisotopic (exact) mass is 245 g/mol. The minimum atomic E-state index is 0.217. The highest BCUT2D eigenvalue weighted by Gasteiger charge is 2.15. The SMILES string of the molecule is Cc1c(Cl)cccc1C(CN)c1ccccc1. The molecule has 2 aromatic carbocycles. The van der Waals surface area contributed by atoms with E-state index >= 15 is 0 Å². The van der Waals surface area contributed by atoms with E-state index in [4.69, 9.17) is 17.3 Å². The van der Waals surface area contributed by atoms with Gasteiger partial charge in [-0.1, -0.05) is 54.1 Å². The van der Waals surface area contributed by atoms with Gasteiger partial charge in [0.2, 0.25) is 0 Å². The molecule has 2 aromatic rings. The molecule has 2 heteroatoms. The van der Waals surface area contributed by atoms with E-state index in [9.17, 15) is 0 Å². The van der Waals surface area contributed by atoms with Crippen LogP contribution in [0.15, 0.2) is 48.5 Å². The highest BCUT2D eigenvalue weighted by molar-refractivity contribution is 6.31. The first kappa shape index (κ1) is 12.2. The van der Waals surface area contributed by atoms with Gasteiger partial charge in [0.25, 0.3) is 0 Å². The molecule has 0 saturated heterocycles. The molecule has 1 atom stereocenters. The molecule has 0 saturated carbocycles. The molecule has 0 amide bonds. The molecule has 0 spiro atoms. The maximum Gasteiger partial charge on any atom is 0.0438 e. The van der Waals surface area contributed by atoms with Crippen LogP contribution in [0.4, 0.5) is 0 Å². The first-order valence-electron chi connectivity index (χ1n) is 5.74. The number of benzene rings is 2. The van der Waals surface area contributed by atoms with Crippen molar-refractivity contribution in [1.82, 2.24) is 0 Å². The number of hydrogen-bond acceptors (Lipinski definition) is 1. The van der Waals surface area contributed by atoms with Gasteiger partial charge in [-0.25, -0.2) is 0 Å². The molecular formula is C15H16ClN. The normalized spacial score (nSPS) is 12.4. The van der Waals surface area contributed by atoms with Crippen LogP contribution in [-0.4, -0.2) is 6.54 Å². The lowest BCUT2D eigenvalue weighted by Gasteiger charge is -2.18. The Morgan fingerprint density at radius 1 is 1.06 bits per heavy atom. The molecule has 2 rings (SSSR count). The summed E-state index contributed by atoms with van der Waals surface area (Å²) >= 11 is 6.16. The molecule has 0 fully saturated rings. The summed E-state index contributed by atoms with van der Waals surface area (Å²) in [5.74, 6) is 0.217. The summed E-state index contributed by atoms with van der Waals surface area (Å²) < 4.78 is 0. The van der Waals surface area contributed by atoms with E-state index in [0.29, 0.717) is 6.54 Å². The smallest absolute Gasteiger partial charge is 0.0438 e. The summed E-state index contributed by atoms with van der Waals surface area (Å²) in [7, 11) is 0. The van der Waals surface area contributed by atoms with Crippen molar-refractivity contribution in [2.24, 2.45) is 5.73 Å². The summed E-state index contributed by atoms with van der Waals surface area (Å²) in [5.41, 5.74) is 9.48. The van der Waals surface area contributed by atoms with Crippen LogP contribution in [0.3, 0.4) is 0 Å². The van der Waals surface area contributed by atoms with Crippen molar-refractivity contribution in [2.75, 3.05) is 6.54 Å². The molecule has 0 aliphatic heterocycles. The Bertz CT molecular complexity index is 494. The first-order valence-corrected chi connectivity index (χ1v) is 6.12. The Kier molecular flexibility index (Phi) is 3.82. The summed E-state index contributed by atoms with van der Waals surface area (Å²) in [4.78, 5) is 0. The van der Waals surface area contributed by atoms with E-state index in [1.807, 2.05) is 37.3 Å². The lowest BCUT2D eigenvalue weighted by molar-refractivity contribution is 0.812. The maximum atomic E-state index is 6.16. The quantitative estimate of drug-likeness (QED) is 0.876. The van der Waals surface area contributed by atoms with Gasteiger partial charge in [0.1, 0.15) is 0 Å². The van der Waals surface area contributed by atoms with Crippen LogP contribution in [-0.2, 0) is 0 Å². The minimum absolute atomic E-state index is 0.217. The zero-order chi connectivity index (χ0) is 12.3. The minimum Gasteiger partial charge on any atom is -0.330 e. The third kappa shape index (κ3) is 2.51. The third-order valence-electron chi connectivity index (χ3n) is 3.12. The molecule has 1 unspecified atom stereocenters. The van der Waals surface area contributed by atoms with Gasteiger partial charge in [-0.05, 0) is 29.7 Å². The van der Waals surface area contributed by atoms with Crippen molar-refractivity contribution >= 4 is 11.6 Å². The van der Waals surface area contributed by atoms with Gasteiger partial charge >= 0.3 is 0 Å². The number of hydrogen-bond donors (Lipinski definition) is 1. The highest BCUT2D eigenvalue weighted by Crippen LogP contribution is 2.29. The average Bonchev–Trinajstić information content (AvgIpc) is 2.37. The molecule has 0 heterocycles. The predicted molar refractivity (Wildman–Crippen MR) is 73.5 cm³/mol. The summed E-state index contributed by atoms with van der Waals surface area (Å²) in [6, 6.07) is 16.3. The standard InChI is InChI=1S/C15H16ClN/c1-11-13(8-5-9-15(11)16)14(10-17)12-6-3-2-4-7-12/h2-9,14H,10,17H2,1H3. The van der Waals surface area contributed by atoms with E-state index in [2.05, 4.69) is 18.2 Å². The lowest BCUT2D eigenvalue weighted by Crippen LogP contribution is -2.15. The van der Waals surface area contributed by atoms with Gasteiger partial charge in [0.15, 0.2) is 0 Å². The van der Waals surface area contributed by atoms with Crippen molar-refractivity contribution in [1.29, 1.82) is 0 Å². The second-order valence-electron chi connectivity index (χ2n) is 4.15. The van der Waals surface area contributed by atoms with Crippen molar-refractivity contribution < 1.29 is 0 Å². The van der Waals surface area contributed by atoms with Crippen molar-refractivity contribution in [3.63, 3.8) is 0 Å². The fourth-order valence-corrected chi connectivity index (χ4v) is 2.31. The molecular weight excluding hydrogens is 230 g/mol. The van der Waals surface area contributed by atoms with Crippen LogP contribution >= 0.6 is 11.6 Å². The van der Waals surface area contributed by atoms with E-state index in [1.54, 1.807) is 0 Å². The molecule has 0 bridgehead atoms. The van der Waals surface area contributed by atoms with Gasteiger partial charge < -0.3 is 5.73 Å². The first-order chi connectivity index (χ1) is 8.24. The van der Waals surface area contributed by atoms with Crippen LogP contribution < -0.4 is 5.73 Å². The van der Waals surface area contributed by atoms with E-state index in [-0.39, 0.29) is 5.92 Å². The van der Waals surface area contributed by atoms with Gasteiger partial charge in [-0.2, -0.15) is 0 Å². The number of nitrogens with two attached hydrogens (primary N) is 1. The van der Waals surface area contributed by atoms with Crippen molar-refractivity contribution in [3.8, 4) is 0 Å². The number of halogens is 1. The van der Waals surface area contributed by atoms with Crippen LogP contribution in [0, 0.1) is 6.92 Å². The van der Waals surface area contributed by atoms with Gasteiger partial charge in [-0.15, -0.1) is 0 Å². The Hall–Kier alpha value is -1.31. The van der Waals surface area contributed by atoms with E-state index < -0.39 is 0 Å². The Balaban J connectivity index is 2.46. The summed E-state index contributed by atoms with van der Waals surface area (Å²) in [6.45, 7) is 2.63. The summed E-state index contributed by atoms with van der Waals surface area (Å²) in [5, 5.41) is 0.803. The predicted octanol–water partition coefficient (Wildman–Crippen LogP) is 3.74. The fourth-order valence-electron chi connectivity index (χ4n) is 2.13. The third-order valence-corrected chi connectivity index (χ3v) is 3.53. The molecule has 2 N–H and O–H groups in total. The molecule has 1 nitrogen and oxygen atoms in total. The van der Waals surface area contributed by atoms with Gasteiger partial charge in [0, 0.05) is 17.5 Å². The second-order valence-corrected chi connectivity index (χ2v) is 4.56. The van der Waals surface area contributed by atoms with Crippen molar-refractivity contribution in [2.45, 2.75) is 12.8 Å². The molecule has 17 heavy (non-hydrogen) atoms.